The summed E-state index contributed by atoms with van der Waals surface area (Å²) in [6, 6.07) is 14.8. The van der Waals surface area contributed by atoms with Crippen LogP contribution in [0.25, 0.3) is 10.8 Å². The Morgan fingerprint density at radius 2 is 1.76 bits per heavy atom. The first kappa shape index (κ1) is 18.7. The number of hydrogen-bond acceptors (Lipinski definition) is 5. The molecule has 1 aliphatic heterocycles. The lowest BCUT2D eigenvalue weighted by Gasteiger charge is -2.30. The van der Waals surface area contributed by atoms with Crippen molar-refractivity contribution < 1.29 is 9.59 Å². The van der Waals surface area contributed by atoms with Gasteiger partial charge in [0.1, 0.15) is 0 Å². The normalized spacial score (nSPS) is 13.1. The molecule has 1 aliphatic rings. The van der Waals surface area contributed by atoms with Gasteiger partial charge >= 0.3 is 0 Å². The molecule has 2 aromatic carbocycles. The van der Waals surface area contributed by atoms with E-state index in [0.29, 0.717) is 10.8 Å². The first-order valence-corrected chi connectivity index (χ1v) is 9.42. The van der Waals surface area contributed by atoms with Crippen LogP contribution in [0.2, 0.25) is 0 Å². The number of hydrazine groups is 1. The van der Waals surface area contributed by atoms with E-state index in [1.54, 1.807) is 24.3 Å². The van der Waals surface area contributed by atoms with Gasteiger partial charge in [0, 0.05) is 24.7 Å². The molecule has 4 rings (SSSR count). The van der Waals surface area contributed by atoms with Gasteiger partial charge in [0.05, 0.1) is 11.9 Å². The van der Waals surface area contributed by atoms with Crippen LogP contribution in [0.4, 0.5) is 5.69 Å². The van der Waals surface area contributed by atoms with E-state index in [9.17, 15) is 14.4 Å². The Balaban J connectivity index is 1.46. The molecule has 2 N–H and O–H groups in total. The second-order valence-electron chi connectivity index (χ2n) is 6.98. The van der Waals surface area contributed by atoms with Crippen molar-refractivity contribution in [2.24, 2.45) is 7.05 Å². The zero-order chi connectivity index (χ0) is 20.4. The van der Waals surface area contributed by atoms with Gasteiger partial charge in [-0.15, -0.1) is 0 Å². The molecule has 3 aromatic rings. The number of hydrogen-bond donors (Lipinski definition) is 2. The number of benzene rings is 2. The summed E-state index contributed by atoms with van der Waals surface area (Å²) in [6.07, 6.45) is 1.97. The molecule has 0 unspecified atom stereocenters. The zero-order valence-electron chi connectivity index (χ0n) is 16.0. The van der Waals surface area contributed by atoms with Gasteiger partial charge in [-0.05, 0) is 30.5 Å². The molecule has 0 aliphatic carbocycles. The third kappa shape index (κ3) is 3.69. The fourth-order valence-corrected chi connectivity index (χ4v) is 3.64. The number of carbonyl (C=O) groups is 2. The number of carbonyl (C=O) groups excluding carboxylic acids is 2. The van der Waals surface area contributed by atoms with E-state index < -0.39 is 5.91 Å². The first-order valence-electron chi connectivity index (χ1n) is 9.42. The van der Waals surface area contributed by atoms with Crippen molar-refractivity contribution in [3.8, 4) is 0 Å². The third-order valence-electron chi connectivity index (χ3n) is 5.03. The SMILES string of the molecule is Cn1nc(C(=O)NNC(=O)CN2CCCc3ccccc32)c2ccccc2c1=O. The fraction of sp³-hybridized carbons (Fsp3) is 0.238. The van der Waals surface area contributed by atoms with Crippen molar-refractivity contribution in [3.63, 3.8) is 0 Å². The van der Waals surface area contributed by atoms with Crippen LogP contribution in [0.3, 0.4) is 0 Å². The summed E-state index contributed by atoms with van der Waals surface area (Å²) in [4.78, 5) is 39.2. The number of nitrogens with zero attached hydrogens (tertiary/aromatic N) is 3. The second kappa shape index (κ2) is 7.75. The Labute approximate surface area is 167 Å². The van der Waals surface area contributed by atoms with Crippen LogP contribution in [0.5, 0.6) is 0 Å². The first-order chi connectivity index (χ1) is 14.0. The molecular formula is C21H21N5O3. The lowest BCUT2D eigenvalue weighted by atomic mass is 10.0. The third-order valence-corrected chi connectivity index (χ3v) is 5.03. The van der Waals surface area contributed by atoms with E-state index >= 15 is 0 Å². The largest absolute Gasteiger partial charge is 0.362 e. The van der Waals surface area contributed by atoms with Crippen molar-refractivity contribution in [2.45, 2.75) is 12.8 Å². The minimum Gasteiger partial charge on any atom is -0.362 e. The summed E-state index contributed by atoms with van der Waals surface area (Å²) in [5, 5.41) is 4.89. The minimum absolute atomic E-state index is 0.0753. The van der Waals surface area contributed by atoms with Crippen LogP contribution in [0, 0.1) is 0 Å². The summed E-state index contributed by atoms with van der Waals surface area (Å²) in [5.74, 6) is -0.909. The van der Waals surface area contributed by atoms with E-state index in [2.05, 4.69) is 22.0 Å². The van der Waals surface area contributed by atoms with Crippen molar-refractivity contribution in [3.05, 3.63) is 70.1 Å². The predicted molar refractivity (Wildman–Crippen MR) is 110 cm³/mol. The maximum Gasteiger partial charge on any atom is 0.290 e. The van der Waals surface area contributed by atoms with Gasteiger partial charge in [0.2, 0.25) is 0 Å². The minimum atomic E-state index is -0.579. The fourth-order valence-electron chi connectivity index (χ4n) is 3.64. The second-order valence-corrected chi connectivity index (χ2v) is 6.98. The Morgan fingerprint density at radius 1 is 1.03 bits per heavy atom. The molecule has 8 nitrogen and oxygen atoms in total. The summed E-state index contributed by atoms with van der Waals surface area (Å²) in [7, 11) is 1.48. The Bertz CT molecular complexity index is 1150. The maximum absolute atomic E-state index is 12.6. The molecule has 0 saturated carbocycles. The van der Waals surface area contributed by atoms with Crippen LogP contribution in [0.15, 0.2) is 53.3 Å². The molecule has 0 saturated heterocycles. The Kier molecular flexibility index (Phi) is 4.99. The van der Waals surface area contributed by atoms with Gasteiger partial charge in [0.25, 0.3) is 17.4 Å². The summed E-state index contributed by atoms with van der Waals surface area (Å²) >= 11 is 0. The molecule has 1 aromatic heterocycles. The predicted octanol–water partition coefficient (Wildman–Crippen LogP) is 1.15. The highest BCUT2D eigenvalue weighted by Crippen LogP contribution is 2.26. The van der Waals surface area contributed by atoms with E-state index in [-0.39, 0.29) is 23.7 Å². The monoisotopic (exact) mass is 391 g/mol. The highest BCUT2D eigenvalue weighted by molar-refractivity contribution is 6.05. The van der Waals surface area contributed by atoms with E-state index in [1.165, 1.54) is 12.6 Å². The lowest BCUT2D eigenvalue weighted by Crippen LogP contribution is -2.47. The highest BCUT2D eigenvalue weighted by Gasteiger charge is 2.20. The highest BCUT2D eigenvalue weighted by atomic mass is 16.2. The molecule has 148 valence electrons. The summed E-state index contributed by atoms with van der Waals surface area (Å²) < 4.78 is 1.11. The van der Waals surface area contributed by atoms with Crippen LogP contribution < -0.4 is 21.3 Å². The van der Waals surface area contributed by atoms with Crippen molar-refractivity contribution in [2.75, 3.05) is 18.0 Å². The summed E-state index contributed by atoms with van der Waals surface area (Å²) in [5.41, 5.74) is 6.91. The van der Waals surface area contributed by atoms with Gasteiger partial charge in [-0.25, -0.2) is 4.68 Å². The van der Waals surface area contributed by atoms with E-state index in [4.69, 9.17) is 0 Å². The Morgan fingerprint density at radius 3 is 2.59 bits per heavy atom. The quantitative estimate of drug-likeness (QED) is 0.653. The molecular weight excluding hydrogens is 370 g/mol. The molecule has 0 spiro atoms. The molecule has 0 radical (unpaired) electrons. The molecule has 0 atom stereocenters. The average Bonchev–Trinajstić information content (AvgIpc) is 2.75. The maximum atomic E-state index is 12.6. The van der Waals surface area contributed by atoms with Crippen molar-refractivity contribution >= 4 is 28.3 Å². The number of fused-ring (bicyclic) bond motifs is 2. The van der Waals surface area contributed by atoms with Crippen LogP contribution >= 0.6 is 0 Å². The van der Waals surface area contributed by atoms with Crippen LogP contribution in [-0.2, 0) is 18.3 Å². The number of rotatable bonds is 3. The molecule has 2 heterocycles. The molecule has 2 amide bonds. The van der Waals surface area contributed by atoms with Crippen LogP contribution in [0.1, 0.15) is 22.5 Å². The Hall–Kier alpha value is -3.68. The number of amides is 2. The van der Waals surface area contributed by atoms with Crippen molar-refractivity contribution in [1.29, 1.82) is 0 Å². The standard InChI is InChI=1S/C21H21N5O3/c1-25-21(29)16-10-4-3-9-15(16)19(24-25)20(28)23-22-18(27)13-26-12-6-8-14-7-2-5-11-17(14)26/h2-5,7,9-11H,6,8,12-13H2,1H3,(H,22,27)(H,23,28). The van der Waals surface area contributed by atoms with E-state index in [1.807, 2.05) is 23.1 Å². The molecule has 0 bridgehead atoms. The van der Waals surface area contributed by atoms with E-state index in [0.717, 1.165) is 29.8 Å². The summed E-state index contributed by atoms with van der Waals surface area (Å²) in [6.45, 7) is 0.921. The average molecular weight is 391 g/mol. The lowest BCUT2D eigenvalue weighted by molar-refractivity contribution is -0.120. The number of anilines is 1. The van der Waals surface area contributed by atoms with Gasteiger partial charge < -0.3 is 4.90 Å². The van der Waals surface area contributed by atoms with Gasteiger partial charge in [-0.2, -0.15) is 5.10 Å². The van der Waals surface area contributed by atoms with Gasteiger partial charge in [0.15, 0.2) is 5.69 Å². The molecule has 8 heteroatoms. The number of nitrogens with one attached hydrogen (secondary N) is 2. The smallest absolute Gasteiger partial charge is 0.290 e. The van der Waals surface area contributed by atoms with Crippen molar-refractivity contribution in [1.82, 2.24) is 20.6 Å². The zero-order valence-corrected chi connectivity index (χ0v) is 16.0. The van der Waals surface area contributed by atoms with Crippen LogP contribution in [-0.4, -0.2) is 34.7 Å². The number of para-hydroxylation sites is 1. The van der Waals surface area contributed by atoms with Gasteiger partial charge in [-0.3, -0.25) is 25.2 Å². The number of aromatic nitrogens is 2. The van der Waals surface area contributed by atoms with Gasteiger partial charge in [-0.1, -0.05) is 36.4 Å². The molecule has 29 heavy (non-hydrogen) atoms. The topological polar surface area (TPSA) is 96.3 Å². The molecule has 0 fully saturated rings. The number of aryl methyl sites for hydroxylation is 2.